The van der Waals surface area contributed by atoms with E-state index in [2.05, 4.69) is 33.0 Å². The monoisotopic (exact) mass is 271 g/mol. The van der Waals surface area contributed by atoms with Crippen LogP contribution in [0.25, 0.3) is 0 Å². The van der Waals surface area contributed by atoms with Crippen molar-refractivity contribution in [1.29, 1.82) is 0 Å². The Hall–Kier alpha value is -0.650. The van der Waals surface area contributed by atoms with Gasteiger partial charge in [-0.2, -0.15) is 0 Å². The maximum absolute atomic E-state index is 10.8. The molecule has 0 saturated carbocycles. The third-order valence-corrected chi connectivity index (χ3v) is 3.49. The maximum atomic E-state index is 10.8. The second-order valence-corrected chi connectivity index (χ2v) is 7.01. The number of hydrogen-bond donors (Lipinski definition) is 1. The van der Waals surface area contributed by atoms with Crippen molar-refractivity contribution in [3.8, 4) is 0 Å². The minimum atomic E-state index is -0.553. The molecule has 2 saturated heterocycles. The van der Waals surface area contributed by atoms with Gasteiger partial charge in [-0.25, -0.2) is 0 Å². The summed E-state index contributed by atoms with van der Waals surface area (Å²) in [5.74, 6) is -0.834. The van der Waals surface area contributed by atoms with Crippen LogP contribution in [0, 0.1) is 0 Å². The lowest BCUT2D eigenvalue weighted by molar-refractivity contribution is -0.217. The predicted octanol–water partition coefficient (Wildman–Crippen LogP) is 1.60. The highest BCUT2D eigenvalue weighted by molar-refractivity contribution is 5.65. The molecular formula is C14H25NO4. The molecule has 0 aromatic carbocycles. The lowest BCUT2D eigenvalue weighted by atomic mass is 9.79. The molecular weight excluding hydrogens is 246 g/mol. The Balaban J connectivity index is 2.02. The van der Waals surface area contributed by atoms with E-state index in [1.807, 2.05) is 0 Å². The van der Waals surface area contributed by atoms with Gasteiger partial charge in [-0.1, -0.05) is 0 Å². The first-order chi connectivity index (χ1) is 8.62. The number of ether oxygens (including phenoxy) is 3. The first-order valence-electron chi connectivity index (χ1n) is 6.86. The van der Waals surface area contributed by atoms with Crippen molar-refractivity contribution in [3.05, 3.63) is 0 Å². The van der Waals surface area contributed by atoms with Gasteiger partial charge in [0, 0.05) is 30.8 Å². The quantitative estimate of drug-likeness (QED) is 0.773. The zero-order valence-corrected chi connectivity index (χ0v) is 12.5. The normalized spacial score (nSPS) is 31.3. The van der Waals surface area contributed by atoms with E-state index in [1.165, 1.54) is 6.92 Å². The van der Waals surface area contributed by atoms with Crippen LogP contribution in [0.4, 0.5) is 0 Å². The van der Waals surface area contributed by atoms with Crippen LogP contribution < -0.4 is 5.32 Å². The second kappa shape index (κ2) is 4.72. The van der Waals surface area contributed by atoms with Gasteiger partial charge in [0.25, 0.3) is 0 Å². The first kappa shape index (κ1) is 14.8. The Labute approximate surface area is 115 Å². The number of rotatable bonds is 2. The largest absolute Gasteiger partial charge is 0.463 e. The molecule has 1 unspecified atom stereocenters. The van der Waals surface area contributed by atoms with Crippen LogP contribution in [0.2, 0.25) is 0 Å². The molecule has 19 heavy (non-hydrogen) atoms. The highest BCUT2D eigenvalue weighted by atomic mass is 16.8. The molecule has 0 amide bonds. The summed E-state index contributed by atoms with van der Waals surface area (Å²) in [6.07, 6.45) is 1.42. The van der Waals surface area contributed by atoms with Crippen molar-refractivity contribution >= 4 is 5.97 Å². The van der Waals surface area contributed by atoms with Crippen LogP contribution in [0.3, 0.4) is 0 Å². The highest BCUT2D eigenvalue weighted by Gasteiger charge is 2.52. The van der Waals surface area contributed by atoms with Crippen molar-refractivity contribution in [3.63, 3.8) is 0 Å². The summed E-state index contributed by atoms with van der Waals surface area (Å²) in [6, 6.07) is 0. The van der Waals surface area contributed by atoms with E-state index in [0.717, 1.165) is 12.8 Å². The number of carbonyl (C=O) groups excluding carboxylic acids is 1. The zero-order valence-electron chi connectivity index (χ0n) is 12.5. The minimum Gasteiger partial charge on any atom is -0.463 e. The highest BCUT2D eigenvalue weighted by Crippen LogP contribution is 2.42. The molecule has 1 N–H and O–H groups in total. The van der Waals surface area contributed by atoms with E-state index < -0.39 is 5.79 Å². The van der Waals surface area contributed by atoms with Crippen LogP contribution >= 0.6 is 0 Å². The van der Waals surface area contributed by atoms with Gasteiger partial charge in [-0.15, -0.1) is 0 Å². The van der Waals surface area contributed by atoms with Crippen LogP contribution in [0.5, 0.6) is 0 Å². The van der Waals surface area contributed by atoms with Gasteiger partial charge in [0.2, 0.25) is 0 Å². The molecule has 2 fully saturated rings. The van der Waals surface area contributed by atoms with Crippen LogP contribution in [-0.2, 0) is 19.0 Å². The molecule has 0 aliphatic carbocycles. The molecule has 2 rings (SSSR count). The van der Waals surface area contributed by atoms with E-state index in [9.17, 15) is 4.79 Å². The molecule has 5 heteroatoms. The smallest absolute Gasteiger partial charge is 0.302 e. The van der Waals surface area contributed by atoms with E-state index in [0.29, 0.717) is 6.61 Å². The second-order valence-electron chi connectivity index (χ2n) is 7.01. The predicted molar refractivity (Wildman–Crippen MR) is 70.7 cm³/mol. The third kappa shape index (κ3) is 3.68. The molecule has 0 bridgehead atoms. The van der Waals surface area contributed by atoms with Crippen molar-refractivity contribution in [2.75, 3.05) is 13.2 Å². The van der Waals surface area contributed by atoms with E-state index >= 15 is 0 Å². The van der Waals surface area contributed by atoms with Gasteiger partial charge < -0.3 is 19.5 Å². The Bertz CT molecular complexity index is 348. The third-order valence-electron chi connectivity index (χ3n) is 3.49. The summed E-state index contributed by atoms with van der Waals surface area (Å²) in [5.41, 5.74) is -0.0872. The summed E-state index contributed by atoms with van der Waals surface area (Å²) in [7, 11) is 0. The standard InChI is InChI=1S/C14H25NO4/c1-10(16)17-6-11-7-18-14(19-11)8-12(2,3)15-13(4,5)9-14/h11,15H,6-9H2,1-5H3. The van der Waals surface area contributed by atoms with E-state index in [-0.39, 0.29) is 29.8 Å². The molecule has 1 atom stereocenters. The average Bonchev–Trinajstić information content (AvgIpc) is 2.52. The Morgan fingerprint density at radius 1 is 1.26 bits per heavy atom. The Morgan fingerprint density at radius 2 is 1.84 bits per heavy atom. The molecule has 2 aliphatic rings. The van der Waals surface area contributed by atoms with Crippen molar-refractivity contribution in [2.24, 2.45) is 0 Å². The van der Waals surface area contributed by atoms with Gasteiger partial charge in [0.1, 0.15) is 12.7 Å². The molecule has 2 heterocycles. The average molecular weight is 271 g/mol. The number of piperidine rings is 1. The topological polar surface area (TPSA) is 56.8 Å². The zero-order chi connectivity index (χ0) is 14.3. The molecule has 5 nitrogen and oxygen atoms in total. The van der Waals surface area contributed by atoms with Gasteiger partial charge in [-0.05, 0) is 27.7 Å². The fourth-order valence-electron chi connectivity index (χ4n) is 3.51. The van der Waals surface area contributed by atoms with Gasteiger partial charge in [0.05, 0.1) is 6.61 Å². The van der Waals surface area contributed by atoms with Crippen molar-refractivity contribution in [1.82, 2.24) is 5.32 Å². The molecule has 0 aromatic rings. The van der Waals surface area contributed by atoms with E-state index in [4.69, 9.17) is 14.2 Å². The van der Waals surface area contributed by atoms with Crippen LogP contribution in [-0.4, -0.2) is 42.2 Å². The number of carbonyl (C=O) groups is 1. The summed E-state index contributed by atoms with van der Waals surface area (Å²) in [6.45, 7) is 10.8. The molecule has 2 aliphatic heterocycles. The first-order valence-corrected chi connectivity index (χ1v) is 6.86. The van der Waals surface area contributed by atoms with Gasteiger partial charge in [-0.3, -0.25) is 4.79 Å². The molecule has 1 spiro atoms. The molecule has 0 aromatic heterocycles. The van der Waals surface area contributed by atoms with Crippen molar-refractivity contribution in [2.45, 2.75) is 70.4 Å². The maximum Gasteiger partial charge on any atom is 0.302 e. The number of nitrogens with one attached hydrogen (secondary N) is 1. The summed E-state index contributed by atoms with van der Waals surface area (Å²) < 4.78 is 17.0. The fraction of sp³-hybridized carbons (Fsp3) is 0.929. The Morgan fingerprint density at radius 3 is 2.37 bits per heavy atom. The lowest BCUT2D eigenvalue weighted by Crippen LogP contribution is -2.63. The van der Waals surface area contributed by atoms with Crippen LogP contribution in [0.15, 0.2) is 0 Å². The fourth-order valence-corrected chi connectivity index (χ4v) is 3.51. The van der Waals surface area contributed by atoms with Gasteiger partial charge in [0.15, 0.2) is 5.79 Å². The van der Waals surface area contributed by atoms with Crippen LogP contribution in [0.1, 0.15) is 47.5 Å². The van der Waals surface area contributed by atoms with E-state index in [1.54, 1.807) is 0 Å². The lowest BCUT2D eigenvalue weighted by Gasteiger charge is -2.50. The number of hydrogen-bond acceptors (Lipinski definition) is 5. The summed E-state index contributed by atoms with van der Waals surface area (Å²) >= 11 is 0. The minimum absolute atomic E-state index is 0.0436. The van der Waals surface area contributed by atoms with Crippen molar-refractivity contribution < 1.29 is 19.0 Å². The summed E-state index contributed by atoms with van der Waals surface area (Å²) in [4.78, 5) is 10.8. The molecule has 110 valence electrons. The SMILES string of the molecule is CC(=O)OCC1COC2(CC(C)(C)NC(C)(C)C2)O1. The molecule has 0 radical (unpaired) electrons. The Kier molecular flexibility index (Phi) is 3.66. The van der Waals surface area contributed by atoms with Gasteiger partial charge >= 0.3 is 5.97 Å². The number of esters is 1. The summed E-state index contributed by atoms with van der Waals surface area (Å²) in [5, 5.41) is 3.60.